The van der Waals surface area contributed by atoms with Crippen molar-refractivity contribution in [2.24, 2.45) is 0 Å². The summed E-state index contributed by atoms with van der Waals surface area (Å²) >= 11 is 7.28. The summed E-state index contributed by atoms with van der Waals surface area (Å²) in [6.45, 7) is 0. The van der Waals surface area contributed by atoms with E-state index in [2.05, 4.69) is 20.8 Å². The van der Waals surface area contributed by atoms with Crippen LogP contribution in [-0.4, -0.2) is 46.1 Å². The average molecular weight is 406 g/mol. The first kappa shape index (κ1) is 19.0. The summed E-state index contributed by atoms with van der Waals surface area (Å²) in [6.07, 6.45) is 0. The van der Waals surface area contributed by atoms with E-state index in [4.69, 9.17) is 21.1 Å². The van der Waals surface area contributed by atoms with Crippen LogP contribution in [0, 0.1) is 0 Å². The number of tetrazole rings is 1. The largest absolute Gasteiger partial charge is 0.497 e. The Balaban J connectivity index is 1.62. The molecule has 27 heavy (non-hydrogen) atoms. The van der Waals surface area contributed by atoms with Gasteiger partial charge in [0.25, 0.3) is 0 Å². The second-order valence-corrected chi connectivity index (χ2v) is 6.61. The van der Waals surface area contributed by atoms with Crippen LogP contribution in [0.3, 0.4) is 0 Å². The first-order valence-electron chi connectivity index (χ1n) is 7.79. The fraction of sp³-hybridized carbons (Fsp3) is 0.176. The molecular weight excluding hydrogens is 390 g/mol. The Labute approximate surface area is 164 Å². The monoisotopic (exact) mass is 405 g/mol. The molecule has 2 aromatic carbocycles. The van der Waals surface area contributed by atoms with Gasteiger partial charge in [-0.05, 0) is 52.9 Å². The van der Waals surface area contributed by atoms with E-state index in [1.54, 1.807) is 30.0 Å². The zero-order chi connectivity index (χ0) is 19.2. The van der Waals surface area contributed by atoms with Crippen LogP contribution in [0.15, 0.2) is 47.6 Å². The van der Waals surface area contributed by atoms with Gasteiger partial charge in [-0.3, -0.25) is 4.79 Å². The molecule has 0 aliphatic heterocycles. The lowest BCUT2D eigenvalue weighted by Crippen LogP contribution is -2.14. The van der Waals surface area contributed by atoms with Crippen molar-refractivity contribution < 1.29 is 14.3 Å². The Bertz CT molecular complexity index is 933. The SMILES string of the molecule is COc1ccc(-n2nnnc2SCC(=O)Nc2ccc(OC)c(Cl)c2)cc1. The van der Waals surface area contributed by atoms with Gasteiger partial charge in [0.15, 0.2) is 0 Å². The summed E-state index contributed by atoms with van der Waals surface area (Å²) in [5.74, 6) is 1.21. The molecule has 0 radical (unpaired) electrons. The molecule has 140 valence electrons. The maximum absolute atomic E-state index is 12.2. The predicted molar refractivity (Wildman–Crippen MR) is 103 cm³/mol. The average Bonchev–Trinajstić information content (AvgIpc) is 3.15. The molecule has 1 N–H and O–H groups in total. The Kier molecular flexibility index (Phi) is 6.15. The zero-order valence-electron chi connectivity index (χ0n) is 14.5. The number of carbonyl (C=O) groups excluding carboxylic acids is 1. The molecule has 8 nitrogen and oxygen atoms in total. The van der Waals surface area contributed by atoms with Crippen molar-refractivity contribution in [2.45, 2.75) is 5.16 Å². The van der Waals surface area contributed by atoms with Gasteiger partial charge in [0.2, 0.25) is 11.1 Å². The van der Waals surface area contributed by atoms with E-state index in [1.807, 2.05) is 24.3 Å². The van der Waals surface area contributed by atoms with E-state index < -0.39 is 0 Å². The lowest BCUT2D eigenvalue weighted by molar-refractivity contribution is -0.113. The summed E-state index contributed by atoms with van der Waals surface area (Å²) in [7, 11) is 3.13. The van der Waals surface area contributed by atoms with E-state index in [-0.39, 0.29) is 11.7 Å². The van der Waals surface area contributed by atoms with E-state index in [1.165, 1.54) is 18.9 Å². The normalized spacial score (nSPS) is 10.5. The number of carbonyl (C=O) groups is 1. The van der Waals surface area contributed by atoms with Crippen LogP contribution in [0.4, 0.5) is 5.69 Å². The van der Waals surface area contributed by atoms with Crippen molar-refractivity contribution in [3.63, 3.8) is 0 Å². The van der Waals surface area contributed by atoms with Gasteiger partial charge in [0.1, 0.15) is 11.5 Å². The number of rotatable bonds is 7. The van der Waals surface area contributed by atoms with Gasteiger partial charge in [-0.15, -0.1) is 5.10 Å². The summed E-state index contributed by atoms with van der Waals surface area (Å²) in [4.78, 5) is 12.2. The number of ether oxygens (including phenoxy) is 2. The highest BCUT2D eigenvalue weighted by Crippen LogP contribution is 2.27. The lowest BCUT2D eigenvalue weighted by Gasteiger charge is -2.08. The van der Waals surface area contributed by atoms with Gasteiger partial charge in [0.05, 0.1) is 30.7 Å². The van der Waals surface area contributed by atoms with Gasteiger partial charge in [-0.2, -0.15) is 4.68 Å². The molecule has 1 amide bonds. The number of thioether (sulfide) groups is 1. The minimum absolute atomic E-state index is 0.139. The van der Waals surface area contributed by atoms with Crippen molar-refractivity contribution >= 4 is 35.0 Å². The van der Waals surface area contributed by atoms with Crippen LogP contribution < -0.4 is 14.8 Å². The molecule has 0 saturated carbocycles. The number of halogens is 1. The quantitative estimate of drug-likeness (QED) is 0.604. The van der Waals surface area contributed by atoms with Gasteiger partial charge >= 0.3 is 0 Å². The van der Waals surface area contributed by atoms with Crippen LogP contribution in [0.2, 0.25) is 5.02 Å². The maximum Gasteiger partial charge on any atom is 0.234 e. The van der Waals surface area contributed by atoms with Crippen LogP contribution in [-0.2, 0) is 4.79 Å². The predicted octanol–water partition coefficient (Wildman–Crippen LogP) is 3.06. The van der Waals surface area contributed by atoms with E-state index in [0.717, 1.165) is 11.4 Å². The van der Waals surface area contributed by atoms with Crippen molar-refractivity contribution in [3.8, 4) is 17.2 Å². The number of methoxy groups -OCH3 is 2. The highest BCUT2D eigenvalue weighted by Gasteiger charge is 2.12. The van der Waals surface area contributed by atoms with Crippen LogP contribution in [0.5, 0.6) is 11.5 Å². The number of hydrogen-bond acceptors (Lipinski definition) is 7. The molecule has 0 bridgehead atoms. The van der Waals surface area contributed by atoms with Gasteiger partial charge in [0, 0.05) is 5.69 Å². The van der Waals surface area contributed by atoms with Gasteiger partial charge in [-0.25, -0.2) is 0 Å². The minimum Gasteiger partial charge on any atom is -0.497 e. The number of amides is 1. The maximum atomic E-state index is 12.2. The van der Waals surface area contributed by atoms with Gasteiger partial charge in [-0.1, -0.05) is 23.4 Å². The van der Waals surface area contributed by atoms with Crippen LogP contribution in [0.25, 0.3) is 5.69 Å². The van der Waals surface area contributed by atoms with Crippen molar-refractivity contribution in [2.75, 3.05) is 25.3 Å². The number of hydrogen-bond donors (Lipinski definition) is 1. The number of benzene rings is 2. The molecule has 1 aromatic heterocycles. The highest BCUT2D eigenvalue weighted by atomic mass is 35.5. The molecule has 0 atom stereocenters. The second kappa shape index (κ2) is 8.74. The topological polar surface area (TPSA) is 91.2 Å². The molecule has 0 aliphatic rings. The fourth-order valence-electron chi connectivity index (χ4n) is 2.23. The first-order chi connectivity index (χ1) is 13.1. The number of anilines is 1. The summed E-state index contributed by atoms with van der Waals surface area (Å²) in [5, 5.41) is 15.3. The molecule has 0 fully saturated rings. The van der Waals surface area contributed by atoms with Crippen molar-refractivity contribution in [1.82, 2.24) is 20.2 Å². The molecule has 1 heterocycles. The smallest absolute Gasteiger partial charge is 0.234 e. The van der Waals surface area contributed by atoms with Crippen molar-refractivity contribution in [3.05, 3.63) is 47.5 Å². The Hall–Kier alpha value is -2.78. The Morgan fingerprint density at radius 2 is 1.96 bits per heavy atom. The van der Waals surface area contributed by atoms with E-state index in [0.29, 0.717) is 21.6 Å². The molecule has 0 aliphatic carbocycles. The third-order valence-corrected chi connectivity index (χ3v) is 4.74. The van der Waals surface area contributed by atoms with Crippen LogP contribution in [0.1, 0.15) is 0 Å². The third-order valence-electron chi connectivity index (χ3n) is 3.53. The summed E-state index contributed by atoms with van der Waals surface area (Å²) in [6, 6.07) is 12.3. The van der Waals surface area contributed by atoms with E-state index in [9.17, 15) is 4.79 Å². The molecule has 10 heteroatoms. The molecular formula is C17H16ClN5O3S. The summed E-state index contributed by atoms with van der Waals surface area (Å²) in [5.41, 5.74) is 1.35. The fourth-order valence-corrected chi connectivity index (χ4v) is 3.17. The Morgan fingerprint density at radius 3 is 2.63 bits per heavy atom. The second-order valence-electron chi connectivity index (χ2n) is 5.26. The first-order valence-corrected chi connectivity index (χ1v) is 9.16. The molecule has 0 saturated heterocycles. The van der Waals surface area contributed by atoms with Crippen LogP contribution >= 0.6 is 23.4 Å². The molecule has 0 spiro atoms. The summed E-state index contributed by atoms with van der Waals surface area (Å²) < 4.78 is 11.8. The van der Waals surface area contributed by atoms with E-state index >= 15 is 0 Å². The number of aromatic nitrogens is 4. The van der Waals surface area contributed by atoms with Gasteiger partial charge < -0.3 is 14.8 Å². The minimum atomic E-state index is -0.203. The van der Waals surface area contributed by atoms with Crippen molar-refractivity contribution in [1.29, 1.82) is 0 Å². The number of nitrogens with zero attached hydrogens (tertiary/aromatic N) is 4. The zero-order valence-corrected chi connectivity index (χ0v) is 16.1. The highest BCUT2D eigenvalue weighted by molar-refractivity contribution is 7.99. The third kappa shape index (κ3) is 4.69. The molecule has 3 rings (SSSR count). The molecule has 3 aromatic rings. The lowest BCUT2D eigenvalue weighted by atomic mass is 10.3. The number of nitrogens with one attached hydrogen (secondary N) is 1. The molecule has 0 unspecified atom stereocenters. The Morgan fingerprint density at radius 1 is 1.19 bits per heavy atom. The standard InChI is InChI=1S/C17H16ClN5O3S/c1-25-13-6-4-12(5-7-13)23-17(20-21-22-23)27-10-16(24)19-11-3-8-15(26-2)14(18)9-11/h3-9H,10H2,1-2H3,(H,19,24).